The number of hydrogen-bond donors (Lipinski definition) is 2. The Morgan fingerprint density at radius 3 is 2.62 bits per heavy atom. The molecule has 1 aromatic carbocycles. The fourth-order valence-corrected chi connectivity index (χ4v) is 3.09. The maximum Gasteiger partial charge on any atom is 0.410 e. The van der Waals surface area contributed by atoms with Gasteiger partial charge in [-0.25, -0.2) is 4.79 Å². The Hall–Kier alpha value is -1.59. The molecule has 0 aromatic heterocycles. The minimum Gasteiger partial charge on any atom is -0.444 e. The molecule has 134 valence electrons. The van der Waals surface area contributed by atoms with Crippen LogP contribution in [0.2, 0.25) is 0 Å². The molecule has 1 fully saturated rings. The van der Waals surface area contributed by atoms with Gasteiger partial charge in [0.1, 0.15) is 5.60 Å². The zero-order valence-corrected chi connectivity index (χ0v) is 15.2. The van der Waals surface area contributed by atoms with E-state index in [0.717, 1.165) is 6.42 Å². The van der Waals surface area contributed by atoms with Crippen LogP contribution in [0.5, 0.6) is 0 Å². The van der Waals surface area contributed by atoms with Crippen molar-refractivity contribution in [1.82, 2.24) is 10.2 Å². The van der Waals surface area contributed by atoms with Crippen LogP contribution in [0.15, 0.2) is 30.3 Å². The highest BCUT2D eigenvalue weighted by Crippen LogP contribution is 2.23. The van der Waals surface area contributed by atoms with Gasteiger partial charge in [-0.1, -0.05) is 30.3 Å². The SMILES string of the molecule is C[C@@H](NC1CCN(C(=O)OC(C)(C)C)CC1CO)c1ccccc1. The van der Waals surface area contributed by atoms with Gasteiger partial charge in [0, 0.05) is 37.7 Å². The number of aliphatic hydroxyl groups excluding tert-OH is 1. The van der Waals surface area contributed by atoms with Crippen molar-refractivity contribution >= 4 is 6.09 Å². The number of nitrogens with one attached hydrogen (secondary N) is 1. The topological polar surface area (TPSA) is 61.8 Å². The maximum atomic E-state index is 12.2. The van der Waals surface area contributed by atoms with Crippen molar-refractivity contribution in [3.05, 3.63) is 35.9 Å². The lowest BCUT2D eigenvalue weighted by Crippen LogP contribution is -2.53. The Morgan fingerprint density at radius 1 is 1.38 bits per heavy atom. The number of ether oxygens (including phenoxy) is 1. The average Bonchev–Trinajstić information content (AvgIpc) is 2.54. The van der Waals surface area contributed by atoms with Crippen LogP contribution in [0.1, 0.15) is 45.7 Å². The fourth-order valence-electron chi connectivity index (χ4n) is 3.09. The number of benzene rings is 1. The first-order chi connectivity index (χ1) is 11.3. The molecule has 1 saturated heterocycles. The number of likely N-dealkylation sites (tertiary alicyclic amines) is 1. The molecule has 3 atom stereocenters. The predicted molar refractivity (Wildman–Crippen MR) is 94.8 cm³/mol. The molecule has 0 aliphatic carbocycles. The molecular formula is C19H30N2O3. The van der Waals surface area contributed by atoms with E-state index in [9.17, 15) is 9.90 Å². The zero-order valence-electron chi connectivity index (χ0n) is 15.2. The quantitative estimate of drug-likeness (QED) is 0.889. The molecule has 0 radical (unpaired) electrons. The minimum atomic E-state index is -0.497. The zero-order chi connectivity index (χ0) is 17.7. The maximum absolute atomic E-state index is 12.2. The fraction of sp³-hybridized carbons (Fsp3) is 0.632. The van der Waals surface area contributed by atoms with Gasteiger partial charge in [0.2, 0.25) is 0 Å². The van der Waals surface area contributed by atoms with Gasteiger partial charge >= 0.3 is 6.09 Å². The molecule has 5 heteroatoms. The third-order valence-electron chi connectivity index (χ3n) is 4.38. The van der Waals surface area contributed by atoms with E-state index in [0.29, 0.717) is 13.1 Å². The van der Waals surface area contributed by atoms with E-state index in [1.165, 1.54) is 5.56 Å². The van der Waals surface area contributed by atoms with Crippen molar-refractivity contribution in [2.75, 3.05) is 19.7 Å². The first kappa shape index (κ1) is 18.7. The van der Waals surface area contributed by atoms with Gasteiger partial charge in [-0.2, -0.15) is 0 Å². The Morgan fingerprint density at radius 2 is 2.04 bits per heavy atom. The third kappa shape index (κ3) is 5.21. The largest absolute Gasteiger partial charge is 0.444 e. The number of aliphatic hydroxyl groups is 1. The van der Waals surface area contributed by atoms with Crippen LogP contribution in [0, 0.1) is 5.92 Å². The van der Waals surface area contributed by atoms with Gasteiger partial charge in [-0.3, -0.25) is 0 Å². The highest BCUT2D eigenvalue weighted by Gasteiger charge is 2.33. The summed E-state index contributed by atoms with van der Waals surface area (Å²) in [6.07, 6.45) is 0.511. The van der Waals surface area contributed by atoms with Crippen LogP contribution in [0.4, 0.5) is 4.79 Å². The molecule has 0 bridgehead atoms. The van der Waals surface area contributed by atoms with Gasteiger partial charge < -0.3 is 20.1 Å². The summed E-state index contributed by atoms with van der Waals surface area (Å²) in [7, 11) is 0. The van der Waals surface area contributed by atoms with Crippen molar-refractivity contribution in [3.63, 3.8) is 0 Å². The molecule has 1 aliphatic rings. The van der Waals surface area contributed by atoms with E-state index in [-0.39, 0.29) is 30.7 Å². The van der Waals surface area contributed by atoms with Crippen molar-refractivity contribution < 1.29 is 14.6 Å². The highest BCUT2D eigenvalue weighted by atomic mass is 16.6. The van der Waals surface area contributed by atoms with Gasteiger partial charge in [0.15, 0.2) is 0 Å². The summed E-state index contributed by atoms with van der Waals surface area (Å²) >= 11 is 0. The first-order valence-electron chi connectivity index (χ1n) is 8.70. The van der Waals surface area contributed by atoms with Gasteiger partial charge in [-0.15, -0.1) is 0 Å². The Kier molecular flexibility index (Phi) is 6.24. The van der Waals surface area contributed by atoms with E-state index in [2.05, 4.69) is 24.4 Å². The summed E-state index contributed by atoms with van der Waals surface area (Å²) in [4.78, 5) is 13.9. The smallest absolute Gasteiger partial charge is 0.410 e. The summed E-state index contributed by atoms with van der Waals surface area (Å²) in [5.41, 5.74) is 0.728. The van der Waals surface area contributed by atoms with E-state index < -0.39 is 5.60 Å². The monoisotopic (exact) mass is 334 g/mol. The van der Waals surface area contributed by atoms with Crippen molar-refractivity contribution in [1.29, 1.82) is 0 Å². The Bertz CT molecular complexity index is 527. The van der Waals surface area contributed by atoms with Gasteiger partial charge in [-0.05, 0) is 39.7 Å². The van der Waals surface area contributed by atoms with Gasteiger partial charge in [0.25, 0.3) is 0 Å². The van der Waals surface area contributed by atoms with Crippen molar-refractivity contribution in [2.24, 2.45) is 5.92 Å². The van der Waals surface area contributed by atoms with Crippen molar-refractivity contribution in [3.8, 4) is 0 Å². The lowest BCUT2D eigenvalue weighted by molar-refractivity contribution is 0.00775. The molecule has 1 aromatic rings. The van der Waals surface area contributed by atoms with Gasteiger partial charge in [0.05, 0.1) is 0 Å². The number of carbonyl (C=O) groups excluding carboxylic acids is 1. The standard InChI is InChI=1S/C19H30N2O3/c1-14(15-8-6-5-7-9-15)20-17-10-11-21(12-16(17)13-22)18(23)24-19(2,3)4/h5-9,14,16-17,20,22H,10-13H2,1-4H3/t14-,16?,17?/m1/s1. The number of amides is 1. The van der Waals surface area contributed by atoms with Crippen molar-refractivity contribution in [2.45, 2.75) is 51.8 Å². The second kappa shape index (κ2) is 7.99. The van der Waals surface area contributed by atoms with E-state index in [4.69, 9.17) is 4.74 Å². The molecule has 2 unspecified atom stereocenters. The molecule has 0 spiro atoms. The molecule has 1 amide bonds. The Balaban J connectivity index is 1.94. The summed E-state index contributed by atoms with van der Waals surface area (Å²) < 4.78 is 5.44. The minimum absolute atomic E-state index is 0.0115. The van der Waals surface area contributed by atoms with Crippen LogP contribution in [0.3, 0.4) is 0 Å². The van der Waals surface area contributed by atoms with E-state index >= 15 is 0 Å². The molecule has 1 aliphatic heterocycles. The second-order valence-electron chi connectivity index (χ2n) is 7.56. The summed E-state index contributed by atoms with van der Waals surface area (Å²) in [5.74, 6) is 0.0115. The number of nitrogens with zero attached hydrogens (tertiary/aromatic N) is 1. The molecule has 0 saturated carbocycles. The lowest BCUT2D eigenvalue weighted by Gasteiger charge is -2.39. The summed E-state index contributed by atoms with van der Waals surface area (Å²) in [5, 5.41) is 13.4. The van der Waals surface area contributed by atoms with Crippen LogP contribution >= 0.6 is 0 Å². The molecule has 1 heterocycles. The molecule has 2 N–H and O–H groups in total. The summed E-state index contributed by atoms with van der Waals surface area (Å²) in [6.45, 7) is 8.94. The van der Waals surface area contributed by atoms with Crippen LogP contribution < -0.4 is 5.32 Å². The molecule has 24 heavy (non-hydrogen) atoms. The Labute approximate surface area is 145 Å². The molecule has 2 rings (SSSR count). The first-order valence-corrected chi connectivity index (χ1v) is 8.70. The average molecular weight is 334 g/mol. The molecular weight excluding hydrogens is 304 g/mol. The number of piperidine rings is 1. The second-order valence-corrected chi connectivity index (χ2v) is 7.56. The number of hydrogen-bond acceptors (Lipinski definition) is 4. The van der Waals surface area contributed by atoms with Crippen LogP contribution in [-0.4, -0.2) is 47.4 Å². The summed E-state index contributed by atoms with van der Waals surface area (Å²) in [6, 6.07) is 10.7. The third-order valence-corrected chi connectivity index (χ3v) is 4.38. The number of rotatable bonds is 4. The predicted octanol–water partition coefficient (Wildman–Crippen LogP) is 2.96. The van der Waals surface area contributed by atoms with Crippen LogP contribution in [0.25, 0.3) is 0 Å². The normalized spacial score (nSPS) is 23.0. The van der Waals surface area contributed by atoms with Crippen LogP contribution in [-0.2, 0) is 4.74 Å². The highest BCUT2D eigenvalue weighted by molar-refractivity contribution is 5.68. The molecule has 5 nitrogen and oxygen atoms in total. The van der Waals surface area contributed by atoms with E-state index in [1.54, 1.807) is 4.90 Å². The van der Waals surface area contributed by atoms with E-state index in [1.807, 2.05) is 39.0 Å². The lowest BCUT2D eigenvalue weighted by atomic mass is 9.91. The number of carbonyl (C=O) groups is 1.